The van der Waals surface area contributed by atoms with Crippen LogP contribution in [-0.2, 0) is 30.5 Å². The molecule has 0 unspecified atom stereocenters. The highest BCUT2D eigenvalue weighted by Gasteiger charge is 2.15. The van der Waals surface area contributed by atoms with Crippen LogP contribution in [0.2, 0.25) is 0 Å². The second-order valence-electron chi connectivity index (χ2n) is 6.94. The zero-order chi connectivity index (χ0) is 20.8. The van der Waals surface area contributed by atoms with Crippen LogP contribution in [-0.4, -0.2) is 21.0 Å². The zero-order valence-corrected chi connectivity index (χ0v) is 18.0. The predicted octanol–water partition coefficient (Wildman–Crippen LogP) is 5.65. The minimum atomic E-state index is -0.828. The van der Waals surface area contributed by atoms with Crippen LogP contribution in [0.15, 0.2) is 36.4 Å². The van der Waals surface area contributed by atoms with Crippen LogP contribution >= 0.6 is 11.3 Å². The molecule has 0 radical (unpaired) electrons. The lowest BCUT2D eigenvalue weighted by Gasteiger charge is -2.15. The highest BCUT2D eigenvalue weighted by atomic mass is 32.1. The second-order valence-corrected chi connectivity index (χ2v) is 8.10. The number of aromatic nitrogens is 2. The summed E-state index contributed by atoms with van der Waals surface area (Å²) in [6.45, 7) is 6.42. The van der Waals surface area contributed by atoms with E-state index in [2.05, 4.69) is 38.2 Å². The Labute approximate surface area is 175 Å². The molecule has 2 N–H and O–H groups in total. The van der Waals surface area contributed by atoms with E-state index in [4.69, 9.17) is 15.1 Å². The van der Waals surface area contributed by atoms with Crippen LogP contribution in [0.4, 0.5) is 11.5 Å². The number of benzene rings is 1. The summed E-state index contributed by atoms with van der Waals surface area (Å²) in [6, 6.07) is 11.7. The molecular formula is C23H27N3O2S. The molecule has 0 saturated carbocycles. The molecule has 0 fully saturated rings. The first-order chi connectivity index (χ1) is 14.0. The Morgan fingerprint density at radius 1 is 1.03 bits per heavy atom. The maximum Gasteiger partial charge on any atom is 0.307 e. The average molecular weight is 410 g/mol. The first-order valence-electron chi connectivity index (χ1n) is 10.1. The fourth-order valence-electron chi connectivity index (χ4n) is 3.30. The van der Waals surface area contributed by atoms with Gasteiger partial charge in [-0.15, -0.1) is 11.3 Å². The van der Waals surface area contributed by atoms with E-state index in [1.165, 1.54) is 4.88 Å². The molecule has 3 rings (SSSR count). The van der Waals surface area contributed by atoms with Crippen LogP contribution in [0.3, 0.4) is 0 Å². The topological polar surface area (TPSA) is 75.1 Å². The van der Waals surface area contributed by atoms with Crippen LogP contribution in [0.1, 0.15) is 48.9 Å². The van der Waals surface area contributed by atoms with E-state index in [0.29, 0.717) is 0 Å². The Morgan fingerprint density at radius 2 is 1.79 bits per heavy atom. The lowest BCUT2D eigenvalue weighted by molar-refractivity contribution is -0.136. The molecule has 6 heteroatoms. The number of hydrogen-bond acceptors (Lipinski definition) is 5. The Bertz CT molecular complexity index is 980. The molecule has 0 aliphatic rings. The third-order valence-corrected chi connectivity index (χ3v) is 5.87. The molecule has 0 spiro atoms. The molecule has 0 aliphatic heterocycles. The molecule has 0 bridgehead atoms. The number of carboxylic acid groups (broad SMARTS) is 1. The van der Waals surface area contributed by atoms with Gasteiger partial charge in [0.25, 0.3) is 0 Å². The molecule has 0 saturated heterocycles. The molecule has 3 aromatic rings. The second kappa shape index (κ2) is 9.65. The van der Waals surface area contributed by atoms with Gasteiger partial charge in [0, 0.05) is 21.8 Å². The van der Waals surface area contributed by atoms with Crippen molar-refractivity contribution < 1.29 is 9.90 Å². The van der Waals surface area contributed by atoms with Gasteiger partial charge < -0.3 is 10.4 Å². The van der Waals surface area contributed by atoms with Gasteiger partial charge in [-0.2, -0.15) is 0 Å². The van der Waals surface area contributed by atoms with Crippen molar-refractivity contribution in [2.24, 2.45) is 0 Å². The van der Waals surface area contributed by atoms with Crippen molar-refractivity contribution in [3.63, 3.8) is 0 Å². The minimum absolute atomic E-state index is 0.0244. The third-order valence-electron chi connectivity index (χ3n) is 4.73. The molecule has 2 aromatic heterocycles. The van der Waals surface area contributed by atoms with E-state index in [-0.39, 0.29) is 6.42 Å². The Kier molecular flexibility index (Phi) is 6.99. The lowest BCUT2D eigenvalue weighted by atomic mass is 10.1. The molecule has 1 aromatic carbocycles. The van der Waals surface area contributed by atoms with Gasteiger partial charge in [0.15, 0.2) is 5.82 Å². The summed E-state index contributed by atoms with van der Waals surface area (Å²) < 4.78 is 0. The largest absolute Gasteiger partial charge is 0.481 e. The van der Waals surface area contributed by atoms with Crippen molar-refractivity contribution >= 4 is 28.8 Å². The van der Waals surface area contributed by atoms with E-state index in [0.717, 1.165) is 64.7 Å². The smallest absolute Gasteiger partial charge is 0.307 e. The van der Waals surface area contributed by atoms with E-state index in [1.807, 2.05) is 24.3 Å². The van der Waals surface area contributed by atoms with E-state index < -0.39 is 5.97 Å². The quantitative estimate of drug-likeness (QED) is 0.477. The monoisotopic (exact) mass is 409 g/mol. The molecule has 152 valence electrons. The number of aliphatic carboxylic acids is 1. The Balaban J connectivity index is 1.94. The van der Waals surface area contributed by atoms with Gasteiger partial charge in [0.2, 0.25) is 0 Å². The standard InChI is InChI=1S/C23H27N3O2S/c1-4-7-17-12-13-20(29-17)23-25-19(6-3)18(5-2)22(26-23)24-16-10-8-15(9-11-16)14-21(27)28/h8-13H,4-7,14H2,1-3H3,(H,27,28)(H,24,25,26). The van der Waals surface area contributed by atoms with Gasteiger partial charge in [0.05, 0.1) is 11.3 Å². The summed E-state index contributed by atoms with van der Waals surface area (Å²) in [7, 11) is 0. The Hall–Kier alpha value is -2.73. The number of thiophene rings is 1. The van der Waals surface area contributed by atoms with Gasteiger partial charge >= 0.3 is 5.97 Å². The molecule has 0 amide bonds. The molecular weight excluding hydrogens is 382 g/mol. The number of carboxylic acids is 1. The van der Waals surface area contributed by atoms with Crippen molar-refractivity contribution in [1.29, 1.82) is 0 Å². The van der Waals surface area contributed by atoms with Crippen molar-refractivity contribution in [3.05, 3.63) is 58.1 Å². The summed E-state index contributed by atoms with van der Waals surface area (Å²) in [5.41, 5.74) is 3.85. The number of hydrogen-bond donors (Lipinski definition) is 2. The van der Waals surface area contributed by atoms with E-state index in [1.54, 1.807) is 11.3 Å². The summed E-state index contributed by atoms with van der Waals surface area (Å²) in [5, 5.41) is 12.4. The first kappa shape index (κ1) is 21.0. The molecule has 0 atom stereocenters. The zero-order valence-electron chi connectivity index (χ0n) is 17.2. The number of nitrogens with one attached hydrogen (secondary N) is 1. The van der Waals surface area contributed by atoms with Crippen LogP contribution in [0, 0.1) is 0 Å². The van der Waals surface area contributed by atoms with Crippen molar-refractivity contribution in [2.75, 3.05) is 5.32 Å². The fourth-order valence-corrected chi connectivity index (χ4v) is 4.35. The van der Waals surface area contributed by atoms with E-state index >= 15 is 0 Å². The van der Waals surface area contributed by atoms with Crippen molar-refractivity contribution in [1.82, 2.24) is 9.97 Å². The molecule has 2 heterocycles. The summed E-state index contributed by atoms with van der Waals surface area (Å²) in [6.07, 6.45) is 3.91. The van der Waals surface area contributed by atoms with Gasteiger partial charge in [-0.1, -0.05) is 39.3 Å². The maximum absolute atomic E-state index is 10.9. The number of rotatable bonds is 9. The van der Waals surface area contributed by atoms with Crippen LogP contribution in [0.25, 0.3) is 10.7 Å². The molecule has 0 aliphatic carbocycles. The van der Waals surface area contributed by atoms with Gasteiger partial charge in [-0.25, -0.2) is 9.97 Å². The number of aryl methyl sites for hydroxylation is 2. The third kappa shape index (κ3) is 5.21. The number of carbonyl (C=O) groups is 1. The molecule has 29 heavy (non-hydrogen) atoms. The van der Waals surface area contributed by atoms with Gasteiger partial charge in [-0.3, -0.25) is 4.79 Å². The number of nitrogens with zero attached hydrogens (tertiary/aromatic N) is 2. The normalized spacial score (nSPS) is 10.9. The fraction of sp³-hybridized carbons (Fsp3) is 0.348. The summed E-state index contributed by atoms with van der Waals surface area (Å²) in [4.78, 5) is 23.0. The highest BCUT2D eigenvalue weighted by molar-refractivity contribution is 7.15. The summed E-state index contributed by atoms with van der Waals surface area (Å²) >= 11 is 1.76. The van der Waals surface area contributed by atoms with E-state index in [9.17, 15) is 4.79 Å². The van der Waals surface area contributed by atoms with Gasteiger partial charge in [0.1, 0.15) is 5.82 Å². The maximum atomic E-state index is 10.9. The highest BCUT2D eigenvalue weighted by Crippen LogP contribution is 2.30. The van der Waals surface area contributed by atoms with Crippen LogP contribution < -0.4 is 5.32 Å². The van der Waals surface area contributed by atoms with Crippen LogP contribution in [0.5, 0.6) is 0 Å². The lowest BCUT2D eigenvalue weighted by Crippen LogP contribution is -2.07. The molecule has 5 nitrogen and oxygen atoms in total. The minimum Gasteiger partial charge on any atom is -0.481 e. The number of anilines is 2. The first-order valence-corrected chi connectivity index (χ1v) is 10.9. The summed E-state index contributed by atoms with van der Waals surface area (Å²) in [5.74, 6) is 0.757. The van der Waals surface area contributed by atoms with Crippen molar-refractivity contribution in [3.8, 4) is 10.7 Å². The Morgan fingerprint density at radius 3 is 2.41 bits per heavy atom. The SMILES string of the molecule is CCCc1ccc(-c2nc(CC)c(CC)c(Nc3ccc(CC(=O)O)cc3)n2)s1. The predicted molar refractivity (Wildman–Crippen MR) is 119 cm³/mol. The van der Waals surface area contributed by atoms with Gasteiger partial charge in [-0.05, 0) is 49.1 Å². The average Bonchev–Trinajstić information content (AvgIpc) is 3.17. The van der Waals surface area contributed by atoms with Crippen molar-refractivity contribution in [2.45, 2.75) is 52.9 Å².